The average molecular weight is 255 g/mol. The van der Waals surface area contributed by atoms with Gasteiger partial charge in [0.15, 0.2) is 0 Å². The van der Waals surface area contributed by atoms with Gasteiger partial charge in [0.05, 0.1) is 18.8 Å². The lowest BCUT2D eigenvalue weighted by Crippen LogP contribution is -2.32. The maximum atomic E-state index is 13.2. The van der Waals surface area contributed by atoms with Crippen LogP contribution >= 0.6 is 0 Å². The molecule has 1 heterocycles. The van der Waals surface area contributed by atoms with Gasteiger partial charge in [0.1, 0.15) is 11.6 Å². The van der Waals surface area contributed by atoms with E-state index < -0.39 is 11.9 Å². The zero-order valence-electron chi connectivity index (χ0n) is 10.1. The number of aliphatic hydroxyl groups excluding tert-OH is 1. The molecule has 2 atom stereocenters. The standard InChI is InChI=1S/C13H18FNO3/c14-10-4-9(5-11(17)6-10)13(8-16)15-7-12-2-1-3-18-12/h4-6,12-13,15-17H,1-3,7-8H2. The molecule has 2 unspecified atom stereocenters. The molecule has 100 valence electrons. The molecule has 1 fully saturated rings. The first-order chi connectivity index (χ1) is 8.69. The molecule has 1 aromatic rings. The van der Waals surface area contributed by atoms with Gasteiger partial charge in [-0.25, -0.2) is 4.39 Å². The smallest absolute Gasteiger partial charge is 0.127 e. The molecule has 0 radical (unpaired) electrons. The fourth-order valence-electron chi connectivity index (χ4n) is 2.16. The Kier molecular flexibility index (Phi) is 4.52. The maximum Gasteiger partial charge on any atom is 0.127 e. The van der Waals surface area contributed by atoms with Crippen LogP contribution in [0.4, 0.5) is 4.39 Å². The van der Waals surface area contributed by atoms with E-state index >= 15 is 0 Å². The predicted molar refractivity (Wildman–Crippen MR) is 64.9 cm³/mol. The number of rotatable bonds is 5. The van der Waals surface area contributed by atoms with E-state index in [0.717, 1.165) is 25.5 Å². The number of phenols is 1. The molecule has 4 nitrogen and oxygen atoms in total. The molecule has 5 heteroatoms. The third-order valence-corrected chi connectivity index (χ3v) is 3.11. The van der Waals surface area contributed by atoms with Crippen LogP contribution in [0.5, 0.6) is 5.75 Å². The molecular weight excluding hydrogens is 237 g/mol. The molecule has 18 heavy (non-hydrogen) atoms. The van der Waals surface area contributed by atoms with E-state index in [1.54, 1.807) is 0 Å². The molecule has 3 N–H and O–H groups in total. The van der Waals surface area contributed by atoms with Gasteiger partial charge in [-0.15, -0.1) is 0 Å². The second-order valence-corrected chi connectivity index (χ2v) is 4.52. The summed E-state index contributed by atoms with van der Waals surface area (Å²) in [5.41, 5.74) is 0.535. The maximum absolute atomic E-state index is 13.2. The Morgan fingerprint density at radius 3 is 2.89 bits per heavy atom. The van der Waals surface area contributed by atoms with Crippen molar-refractivity contribution >= 4 is 0 Å². The Labute approximate surface area is 105 Å². The second-order valence-electron chi connectivity index (χ2n) is 4.52. The molecule has 0 bridgehead atoms. The molecule has 0 aromatic heterocycles. The van der Waals surface area contributed by atoms with Crippen molar-refractivity contribution in [2.75, 3.05) is 19.8 Å². The van der Waals surface area contributed by atoms with Gasteiger partial charge in [-0.1, -0.05) is 0 Å². The molecular formula is C13H18FNO3. The van der Waals surface area contributed by atoms with Gasteiger partial charge >= 0.3 is 0 Å². The van der Waals surface area contributed by atoms with Gasteiger partial charge in [-0.2, -0.15) is 0 Å². The molecule has 1 saturated heterocycles. The molecule has 0 spiro atoms. The zero-order valence-corrected chi connectivity index (χ0v) is 10.1. The largest absolute Gasteiger partial charge is 0.508 e. The van der Waals surface area contributed by atoms with Crippen molar-refractivity contribution in [2.45, 2.75) is 25.0 Å². The second kappa shape index (κ2) is 6.13. The highest BCUT2D eigenvalue weighted by atomic mass is 19.1. The Morgan fingerprint density at radius 2 is 2.28 bits per heavy atom. The summed E-state index contributed by atoms with van der Waals surface area (Å²) < 4.78 is 18.6. The minimum atomic E-state index is -0.512. The summed E-state index contributed by atoms with van der Waals surface area (Å²) in [6.07, 6.45) is 2.21. The van der Waals surface area contributed by atoms with Crippen LogP contribution in [0.2, 0.25) is 0 Å². The van der Waals surface area contributed by atoms with E-state index in [1.807, 2.05) is 0 Å². The van der Waals surface area contributed by atoms with E-state index in [1.165, 1.54) is 12.1 Å². The Hall–Kier alpha value is -1.17. The number of phenolic OH excluding ortho intramolecular Hbond substituents is 1. The van der Waals surface area contributed by atoms with Crippen molar-refractivity contribution in [3.8, 4) is 5.75 Å². The lowest BCUT2D eigenvalue weighted by Gasteiger charge is -2.19. The molecule has 2 rings (SSSR count). The van der Waals surface area contributed by atoms with Crippen molar-refractivity contribution in [1.82, 2.24) is 5.32 Å². The molecule has 0 aliphatic carbocycles. The summed E-state index contributed by atoms with van der Waals surface area (Å²) >= 11 is 0. The SMILES string of the molecule is OCC(NCC1CCCO1)c1cc(O)cc(F)c1. The summed E-state index contributed by atoms with van der Waals surface area (Å²) in [4.78, 5) is 0. The van der Waals surface area contributed by atoms with Crippen molar-refractivity contribution in [3.05, 3.63) is 29.6 Å². The first kappa shape index (κ1) is 13.3. The van der Waals surface area contributed by atoms with Crippen molar-refractivity contribution in [1.29, 1.82) is 0 Å². The highest BCUT2D eigenvalue weighted by molar-refractivity contribution is 5.30. The van der Waals surface area contributed by atoms with Crippen molar-refractivity contribution in [3.63, 3.8) is 0 Å². The number of aromatic hydroxyl groups is 1. The predicted octanol–water partition coefficient (Wildman–Crippen LogP) is 1.33. The van der Waals surface area contributed by atoms with Gasteiger partial charge in [0, 0.05) is 19.2 Å². The Morgan fingerprint density at radius 1 is 1.44 bits per heavy atom. The van der Waals surface area contributed by atoms with Crippen LogP contribution in [-0.4, -0.2) is 36.1 Å². The normalized spacial score (nSPS) is 21.1. The summed E-state index contributed by atoms with van der Waals surface area (Å²) in [5, 5.41) is 21.8. The van der Waals surface area contributed by atoms with Crippen molar-refractivity contribution in [2.24, 2.45) is 0 Å². The Balaban J connectivity index is 1.98. The number of ether oxygens (including phenoxy) is 1. The topological polar surface area (TPSA) is 61.7 Å². The third-order valence-electron chi connectivity index (χ3n) is 3.11. The van der Waals surface area contributed by atoms with Crippen LogP contribution in [-0.2, 0) is 4.74 Å². The summed E-state index contributed by atoms with van der Waals surface area (Å²) in [7, 11) is 0. The average Bonchev–Trinajstić information content (AvgIpc) is 2.81. The number of aliphatic hydroxyl groups is 1. The van der Waals surface area contributed by atoms with Gasteiger partial charge in [-0.3, -0.25) is 0 Å². The zero-order chi connectivity index (χ0) is 13.0. The lowest BCUT2D eigenvalue weighted by molar-refractivity contribution is 0.104. The van der Waals surface area contributed by atoms with Crippen LogP contribution in [0.3, 0.4) is 0 Å². The Bertz CT molecular complexity index is 374. The van der Waals surface area contributed by atoms with E-state index in [-0.39, 0.29) is 18.5 Å². The van der Waals surface area contributed by atoms with Crippen LogP contribution < -0.4 is 5.32 Å². The number of hydrogen-bond donors (Lipinski definition) is 3. The monoisotopic (exact) mass is 255 g/mol. The van der Waals surface area contributed by atoms with Gasteiger partial charge < -0.3 is 20.3 Å². The molecule has 0 saturated carbocycles. The first-order valence-electron chi connectivity index (χ1n) is 6.14. The van der Waals surface area contributed by atoms with E-state index in [4.69, 9.17) is 4.74 Å². The fourth-order valence-corrected chi connectivity index (χ4v) is 2.16. The minimum absolute atomic E-state index is 0.137. The van der Waals surface area contributed by atoms with E-state index in [2.05, 4.69) is 5.32 Å². The van der Waals surface area contributed by atoms with Crippen LogP contribution in [0.25, 0.3) is 0 Å². The van der Waals surface area contributed by atoms with E-state index in [0.29, 0.717) is 12.1 Å². The number of nitrogens with one attached hydrogen (secondary N) is 1. The van der Waals surface area contributed by atoms with Crippen LogP contribution in [0.15, 0.2) is 18.2 Å². The van der Waals surface area contributed by atoms with Gasteiger partial charge in [-0.05, 0) is 30.5 Å². The summed E-state index contributed by atoms with van der Waals surface area (Å²) in [6.45, 7) is 1.23. The molecule has 0 amide bonds. The number of halogens is 1. The first-order valence-corrected chi connectivity index (χ1v) is 6.14. The van der Waals surface area contributed by atoms with Crippen LogP contribution in [0.1, 0.15) is 24.4 Å². The summed E-state index contributed by atoms with van der Waals surface area (Å²) in [6, 6.07) is 3.41. The van der Waals surface area contributed by atoms with Gasteiger partial charge in [0.2, 0.25) is 0 Å². The van der Waals surface area contributed by atoms with Gasteiger partial charge in [0.25, 0.3) is 0 Å². The third kappa shape index (κ3) is 3.41. The lowest BCUT2D eigenvalue weighted by atomic mass is 10.1. The van der Waals surface area contributed by atoms with Crippen LogP contribution in [0, 0.1) is 5.82 Å². The molecule has 1 aliphatic heterocycles. The molecule has 1 aliphatic rings. The fraction of sp³-hybridized carbons (Fsp3) is 0.538. The van der Waals surface area contributed by atoms with E-state index in [9.17, 15) is 14.6 Å². The van der Waals surface area contributed by atoms with Crippen molar-refractivity contribution < 1.29 is 19.3 Å². The number of benzene rings is 1. The molecule has 1 aromatic carbocycles. The quantitative estimate of drug-likeness (QED) is 0.743. The summed E-state index contributed by atoms with van der Waals surface area (Å²) in [5.74, 6) is -0.648. The highest BCUT2D eigenvalue weighted by Crippen LogP contribution is 2.21. The highest BCUT2D eigenvalue weighted by Gasteiger charge is 2.18. The minimum Gasteiger partial charge on any atom is -0.508 e. The number of hydrogen-bond acceptors (Lipinski definition) is 4.